The minimum atomic E-state index is 0.556. The predicted molar refractivity (Wildman–Crippen MR) is 67.6 cm³/mol. The molecule has 1 aliphatic heterocycles. The molecule has 2 nitrogen and oxygen atoms in total. The Morgan fingerprint density at radius 2 is 1.75 bits per heavy atom. The van der Waals surface area contributed by atoms with Crippen LogP contribution < -0.4 is 0 Å². The molecule has 0 bridgehead atoms. The van der Waals surface area contributed by atoms with Gasteiger partial charge in [0, 0.05) is 19.6 Å². The molecule has 0 N–H and O–H groups in total. The third kappa shape index (κ3) is 3.46. The Morgan fingerprint density at radius 3 is 2.25 bits per heavy atom. The van der Waals surface area contributed by atoms with Crippen LogP contribution in [0.3, 0.4) is 0 Å². The molecule has 0 aromatic heterocycles. The van der Waals surface area contributed by atoms with Crippen LogP contribution in [-0.4, -0.2) is 36.7 Å². The van der Waals surface area contributed by atoms with Crippen LogP contribution in [0.1, 0.15) is 46.5 Å². The summed E-state index contributed by atoms with van der Waals surface area (Å²) in [6.07, 6.45) is 6.24. The fourth-order valence-corrected chi connectivity index (χ4v) is 2.96. The van der Waals surface area contributed by atoms with Gasteiger partial charge in [0.25, 0.3) is 0 Å². The molecule has 2 rings (SSSR count). The first-order valence-electron chi connectivity index (χ1n) is 7.01. The summed E-state index contributed by atoms with van der Waals surface area (Å²) >= 11 is 0. The highest BCUT2D eigenvalue weighted by molar-refractivity contribution is 4.80. The maximum absolute atomic E-state index is 6.12. The second-order valence-electron chi connectivity index (χ2n) is 6.23. The molecule has 0 aromatic rings. The fraction of sp³-hybridized carbons (Fsp3) is 1.00. The number of likely N-dealkylation sites (tertiary alicyclic amines) is 1. The van der Waals surface area contributed by atoms with Crippen molar-refractivity contribution in [3.63, 3.8) is 0 Å². The van der Waals surface area contributed by atoms with E-state index in [0.29, 0.717) is 12.2 Å². The molecular formula is C14H27NO. The van der Waals surface area contributed by atoms with Gasteiger partial charge in [-0.1, -0.05) is 20.8 Å². The molecule has 0 radical (unpaired) electrons. The van der Waals surface area contributed by atoms with Gasteiger partial charge < -0.3 is 9.64 Å². The van der Waals surface area contributed by atoms with E-state index in [4.69, 9.17) is 4.74 Å². The van der Waals surface area contributed by atoms with E-state index < -0.39 is 0 Å². The molecule has 94 valence electrons. The summed E-state index contributed by atoms with van der Waals surface area (Å²) in [6.45, 7) is 10.7. The van der Waals surface area contributed by atoms with Crippen LogP contribution in [0.15, 0.2) is 0 Å². The first-order valence-corrected chi connectivity index (χ1v) is 7.01. The molecule has 0 spiro atoms. The van der Waals surface area contributed by atoms with E-state index in [2.05, 4.69) is 25.7 Å². The van der Waals surface area contributed by atoms with Gasteiger partial charge in [-0.3, -0.25) is 0 Å². The van der Waals surface area contributed by atoms with Crippen molar-refractivity contribution in [2.24, 2.45) is 11.8 Å². The van der Waals surface area contributed by atoms with Crippen LogP contribution in [0, 0.1) is 11.8 Å². The molecule has 2 fully saturated rings. The SMILES string of the molecule is CC(C)CN1CCC(OC2CC(C)C2)CC1. The Balaban J connectivity index is 1.61. The van der Waals surface area contributed by atoms with Gasteiger partial charge in [0.15, 0.2) is 0 Å². The van der Waals surface area contributed by atoms with E-state index in [9.17, 15) is 0 Å². The van der Waals surface area contributed by atoms with Crippen molar-refractivity contribution in [1.29, 1.82) is 0 Å². The summed E-state index contributed by atoms with van der Waals surface area (Å²) in [5.74, 6) is 1.70. The zero-order valence-electron chi connectivity index (χ0n) is 11.1. The molecule has 0 atom stereocenters. The van der Waals surface area contributed by atoms with Crippen molar-refractivity contribution in [3.05, 3.63) is 0 Å². The molecule has 0 aromatic carbocycles. The molecule has 2 aliphatic rings. The average molecular weight is 225 g/mol. The van der Waals surface area contributed by atoms with E-state index in [1.807, 2.05) is 0 Å². The predicted octanol–water partition coefficient (Wildman–Crippen LogP) is 2.92. The van der Waals surface area contributed by atoms with E-state index in [-0.39, 0.29) is 0 Å². The first-order chi connectivity index (χ1) is 7.63. The van der Waals surface area contributed by atoms with Crippen LogP contribution >= 0.6 is 0 Å². The monoisotopic (exact) mass is 225 g/mol. The summed E-state index contributed by atoms with van der Waals surface area (Å²) in [5.41, 5.74) is 0. The lowest BCUT2D eigenvalue weighted by Gasteiger charge is -2.39. The average Bonchev–Trinajstić information content (AvgIpc) is 2.18. The van der Waals surface area contributed by atoms with Gasteiger partial charge in [-0.25, -0.2) is 0 Å². The van der Waals surface area contributed by atoms with Gasteiger partial charge in [0.1, 0.15) is 0 Å². The van der Waals surface area contributed by atoms with Gasteiger partial charge in [-0.2, -0.15) is 0 Å². The quantitative estimate of drug-likeness (QED) is 0.729. The van der Waals surface area contributed by atoms with Gasteiger partial charge in [0.05, 0.1) is 12.2 Å². The van der Waals surface area contributed by atoms with Gasteiger partial charge in [0.2, 0.25) is 0 Å². The number of hydrogen-bond acceptors (Lipinski definition) is 2. The van der Waals surface area contributed by atoms with Crippen LogP contribution in [0.25, 0.3) is 0 Å². The second kappa shape index (κ2) is 5.50. The maximum Gasteiger partial charge on any atom is 0.0603 e. The summed E-state index contributed by atoms with van der Waals surface area (Å²) in [6, 6.07) is 0. The summed E-state index contributed by atoms with van der Waals surface area (Å²) in [4.78, 5) is 2.59. The topological polar surface area (TPSA) is 12.5 Å². The van der Waals surface area contributed by atoms with E-state index in [0.717, 1.165) is 11.8 Å². The Bertz CT molecular complexity index is 203. The van der Waals surface area contributed by atoms with Crippen molar-refractivity contribution in [1.82, 2.24) is 4.90 Å². The van der Waals surface area contributed by atoms with Crippen molar-refractivity contribution in [2.75, 3.05) is 19.6 Å². The molecule has 16 heavy (non-hydrogen) atoms. The Labute approximate surface area is 100 Å². The van der Waals surface area contributed by atoms with Crippen molar-refractivity contribution in [2.45, 2.75) is 58.7 Å². The normalized spacial score (nSPS) is 33.0. The molecule has 0 amide bonds. The van der Waals surface area contributed by atoms with Gasteiger partial charge in [-0.05, 0) is 37.5 Å². The van der Waals surface area contributed by atoms with Crippen LogP contribution in [-0.2, 0) is 4.74 Å². The molecule has 1 saturated heterocycles. The summed E-state index contributed by atoms with van der Waals surface area (Å²) in [5, 5.41) is 0. The van der Waals surface area contributed by atoms with Gasteiger partial charge in [-0.15, -0.1) is 0 Å². The summed E-state index contributed by atoms with van der Waals surface area (Å²) in [7, 11) is 0. The summed E-state index contributed by atoms with van der Waals surface area (Å²) < 4.78 is 6.12. The van der Waals surface area contributed by atoms with Crippen molar-refractivity contribution >= 4 is 0 Å². The Hall–Kier alpha value is -0.0800. The standard InChI is InChI=1S/C14H27NO/c1-11(2)10-15-6-4-13(5-7-15)16-14-8-12(3)9-14/h11-14H,4-10H2,1-3H3. The van der Waals surface area contributed by atoms with E-state index in [1.165, 1.54) is 45.3 Å². The highest BCUT2D eigenvalue weighted by atomic mass is 16.5. The third-order valence-electron chi connectivity index (χ3n) is 3.87. The molecule has 1 heterocycles. The van der Waals surface area contributed by atoms with Crippen molar-refractivity contribution in [3.8, 4) is 0 Å². The van der Waals surface area contributed by atoms with E-state index in [1.54, 1.807) is 0 Å². The maximum atomic E-state index is 6.12. The first kappa shape index (κ1) is 12.4. The smallest absolute Gasteiger partial charge is 0.0603 e. The number of nitrogens with zero attached hydrogens (tertiary/aromatic N) is 1. The van der Waals surface area contributed by atoms with Gasteiger partial charge >= 0.3 is 0 Å². The Morgan fingerprint density at radius 1 is 1.12 bits per heavy atom. The Kier molecular flexibility index (Phi) is 4.26. The number of rotatable bonds is 4. The minimum Gasteiger partial charge on any atom is -0.375 e. The zero-order chi connectivity index (χ0) is 11.5. The highest BCUT2D eigenvalue weighted by Crippen LogP contribution is 2.31. The second-order valence-corrected chi connectivity index (χ2v) is 6.23. The molecule has 1 saturated carbocycles. The highest BCUT2D eigenvalue weighted by Gasteiger charge is 2.30. The minimum absolute atomic E-state index is 0.556. The third-order valence-corrected chi connectivity index (χ3v) is 3.87. The fourth-order valence-electron chi connectivity index (χ4n) is 2.96. The zero-order valence-corrected chi connectivity index (χ0v) is 11.1. The van der Waals surface area contributed by atoms with Crippen LogP contribution in [0.4, 0.5) is 0 Å². The van der Waals surface area contributed by atoms with E-state index >= 15 is 0 Å². The number of piperidine rings is 1. The number of hydrogen-bond donors (Lipinski definition) is 0. The number of ether oxygens (including phenoxy) is 1. The molecule has 2 heteroatoms. The largest absolute Gasteiger partial charge is 0.375 e. The lowest BCUT2D eigenvalue weighted by Crippen LogP contribution is -2.42. The molecule has 1 aliphatic carbocycles. The molecular weight excluding hydrogens is 198 g/mol. The lowest BCUT2D eigenvalue weighted by atomic mass is 9.84. The molecule has 0 unspecified atom stereocenters. The van der Waals surface area contributed by atoms with Crippen LogP contribution in [0.2, 0.25) is 0 Å². The van der Waals surface area contributed by atoms with Crippen molar-refractivity contribution < 1.29 is 4.74 Å². The lowest BCUT2D eigenvalue weighted by molar-refractivity contribution is -0.0910. The van der Waals surface area contributed by atoms with Crippen LogP contribution in [0.5, 0.6) is 0 Å².